The van der Waals surface area contributed by atoms with Gasteiger partial charge in [0.05, 0.1) is 24.3 Å². The van der Waals surface area contributed by atoms with Gasteiger partial charge in [0.25, 0.3) is 5.91 Å². The highest BCUT2D eigenvalue weighted by molar-refractivity contribution is 8.00. The number of hydrogen-bond acceptors (Lipinski definition) is 8. The number of rotatable bonds is 11. The predicted octanol–water partition coefficient (Wildman–Crippen LogP) is 4.13. The average Bonchev–Trinajstić information content (AvgIpc) is 3.58. The highest BCUT2D eigenvalue weighted by atomic mass is 32.2. The van der Waals surface area contributed by atoms with Gasteiger partial charge in [0.15, 0.2) is 0 Å². The molecule has 43 heavy (non-hydrogen) atoms. The number of thioether (sulfide) groups is 1. The Morgan fingerprint density at radius 3 is 2.72 bits per heavy atom. The zero-order valence-electron chi connectivity index (χ0n) is 24.1. The van der Waals surface area contributed by atoms with Crippen molar-refractivity contribution in [2.45, 2.75) is 75.1 Å². The van der Waals surface area contributed by atoms with Crippen LogP contribution in [0.15, 0.2) is 24.3 Å². The summed E-state index contributed by atoms with van der Waals surface area (Å²) in [7, 11) is 0. The number of amides is 4. The number of benzene rings is 1. The number of nitrogens with two attached hydrogens (primary N) is 2. The lowest BCUT2D eigenvalue weighted by molar-refractivity contribution is -0.121. The second-order valence-corrected chi connectivity index (χ2v) is 13.7. The molecule has 3 aliphatic rings. The second kappa shape index (κ2) is 13.0. The fraction of sp³-hybridized carbons (Fsp3) is 0.484. The van der Waals surface area contributed by atoms with Crippen LogP contribution in [0.3, 0.4) is 0 Å². The van der Waals surface area contributed by atoms with E-state index in [0.717, 1.165) is 84.2 Å². The summed E-state index contributed by atoms with van der Waals surface area (Å²) < 4.78 is 5.91. The summed E-state index contributed by atoms with van der Waals surface area (Å²) in [4.78, 5) is 41.9. The van der Waals surface area contributed by atoms with Crippen molar-refractivity contribution in [3.8, 4) is 16.9 Å². The van der Waals surface area contributed by atoms with Crippen molar-refractivity contribution in [2.75, 3.05) is 24.6 Å². The first-order valence-corrected chi connectivity index (χ1v) is 17.0. The summed E-state index contributed by atoms with van der Waals surface area (Å²) in [5.74, 6) is 1.16. The van der Waals surface area contributed by atoms with Gasteiger partial charge in [-0.05, 0) is 67.3 Å². The van der Waals surface area contributed by atoms with Gasteiger partial charge in [-0.25, -0.2) is 9.78 Å². The van der Waals surface area contributed by atoms with E-state index in [4.69, 9.17) is 21.2 Å². The number of pyridine rings is 1. The lowest BCUT2D eigenvalue weighted by Gasteiger charge is -2.16. The molecule has 2 saturated heterocycles. The van der Waals surface area contributed by atoms with Gasteiger partial charge in [0, 0.05) is 28.5 Å². The third-order valence-electron chi connectivity index (χ3n) is 8.54. The maximum absolute atomic E-state index is 12.3. The molecule has 2 fully saturated rings. The van der Waals surface area contributed by atoms with Gasteiger partial charge >= 0.3 is 6.03 Å². The molecular formula is C31H38N6O4S2. The van der Waals surface area contributed by atoms with Crippen LogP contribution in [0.2, 0.25) is 0 Å². The number of nitrogens with zero attached hydrogens (tertiary/aromatic N) is 1. The smallest absolute Gasteiger partial charge is 0.315 e. The van der Waals surface area contributed by atoms with Gasteiger partial charge in [0.2, 0.25) is 5.91 Å². The van der Waals surface area contributed by atoms with Gasteiger partial charge in [0.1, 0.15) is 22.1 Å². The fourth-order valence-corrected chi connectivity index (χ4v) is 8.94. The number of aromatic nitrogens is 1. The van der Waals surface area contributed by atoms with Crippen LogP contribution in [0.5, 0.6) is 5.75 Å². The molecule has 0 radical (unpaired) electrons. The number of carbonyl (C=O) groups excluding carboxylic acids is 3. The van der Waals surface area contributed by atoms with E-state index >= 15 is 0 Å². The summed E-state index contributed by atoms with van der Waals surface area (Å²) in [6.07, 6.45) is 8.44. The standard InChI is InChI=1S/C31H38N6O4S2/c32-26-25-24(19-6-2-1-3-7-20(19)35-30(25)43-28(26)29(33)39)17-10-12-18(13-11-17)41-15-14-34-23(38)9-5-4-8-22-27-21(16-42-22)36-31(40)37-27/h10-13,21-22,27H,1-9,14-16,32H2,(H2,33,39)(H,34,38)(H2,36,37,40)/t21-,22-,27-/m0/s1. The van der Waals surface area contributed by atoms with Crippen LogP contribution >= 0.6 is 23.1 Å². The van der Waals surface area contributed by atoms with E-state index in [-0.39, 0.29) is 24.0 Å². The molecule has 3 atom stereocenters. The lowest BCUT2D eigenvalue weighted by Crippen LogP contribution is -2.36. The topological polar surface area (TPSA) is 161 Å². The molecule has 6 rings (SSSR count). The Labute approximate surface area is 259 Å². The normalized spacial score (nSPS) is 21.0. The SMILES string of the molecule is NC(=O)c1sc2nc3c(c(-c4ccc(OCCNC(=O)CCCC[C@@H]5SC[C@@H]6NC(=O)N[C@@H]65)cc4)c2c1N)CCCCC3. The number of ether oxygens (including phenoxy) is 1. The predicted molar refractivity (Wildman–Crippen MR) is 172 cm³/mol. The van der Waals surface area contributed by atoms with E-state index in [1.54, 1.807) is 0 Å². The van der Waals surface area contributed by atoms with Crippen molar-refractivity contribution in [2.24, 2.45) is 5.73 Å². The van der Waals surface area contributed by atoms with E-state index in [1.807, 2.05) is 36.0 Å². The molecule has 2 aromatic heterocycles. The van der Waals surface area contributed by atoms with Gasteiger partial charge in [-0.1, -0.05) is 25.0 Å². The van der Waals surface area contributed by atoms with E-state index in [9.17, 15) is 14.4 Å². The van der Waals surface area contributed by atoms with Gasteiger partial charge in [-0.3, -0.25) is 9.59 Å². The summed E-state index contributed by atoms with van der Waals surface area (Å²) in [5, 5.41) is 10.2. The Morgan fingerprint density at radius 1 is 1.09 bits per heavy atom. The monoisotopic (exact) mass is 622 g/mol. The summed E-state index contributed by atoms with van der Waals surface area (Å²) >= 11 is 3.17. The third kappa shape index (κ3) is 6.40. The number of thiophene rings is 1. The largest absolute Gasteiger partial charge is 0.492 e. The van der Waals surface area contributed by atoms with Crippen molar-refractivity contribution in [3.63, 3.8) is 0 Å². The first kappa shape index (κ1) is 29.6. The van der Waals surface area contributed by atoms with E-state index in [0.29, 0.717) is 41.1 Å². The van der Waals surface area contributed by atoms with Crippen LogP contribution in [-0.4, -0.2) is 59.1 Å². The van der Waals surface area contributed by atoms with Crippen LogP contribution in [0.4, 0.5) is 10.5 Å². The van der Waals surface area contributed by atoms with E-state index in [1.165, 1.54) is 16.9 Å². The highest BCUT2D eigenvalue weighted by Gasteiger charge is 2.42. The van der Waals surface area contributed by atoms with Crippen molar-refractivity contribution < 1.29 is 19.1 Å². The number of hydrogen-bond donors (Lipinski definition) is 5. The summed E-state index contributed by atoms with van der Waals surface area (Å²) in [6.45, 7) is 0.800. The Hall–Kier alpha value is -3.51. The van der Waals surface area contributed by atoms with Crippen LogP contribution in [0.25, 0.3) is 21.3 Å². The Morgan fingerprint density at radius 2 is 1.91 bits per heavy atom. The van der Waals surface area contributed by atoms with Crippen molar-refractivity contribution in [1.29, 1.82) is 0 Å². The third-order valence-corrected chi connectivity index (χ3v) is 11.2. The van der Waals surface area contributed by atoms with E-state index in [2.05, 4.69) is 16.0 Å². The summed E-state index contributed by atoms with van der Waals surface area (Å²) in [5.41, 5.74) is 16.8. The number of primary amides is 1. The molecule has 4 heterocycles. The number of nitrogen functional groups attached to an aromatic ring is 1. The first-order chi connectivity index (χ1) is 20.9. The molecule has 0 spiro atoms. The molecule has 7 N–H and O–H groups in total. The quantitative estimate of drug-likeness (QED) is 0.122. The Bertz CT molecular complexity index is 1520. The maximum Gasteiger partial charge on any atom is 0.315 e. The molecule has 2 aliphatic heterocycles. The highest BCUT2D eigenvalue weighted by Crippen LogP contribution is 2.43. The van der Waals surface area contributed by atoms with Gasteiger partial charge in [-0.2, -0.15) is 11.8 Å². The molecule has 1 aromatic carbocycles. The minimum absolute atomic E-state index is 0.0258. The first-order valence-electron chi connectivity index (χ1n) is 15.1. The van der Waals surface area contributed by atoms with Crippen molar-refractivity contribution in [3.05, 3.63) is 40.4 Å². The average molecular weight is 623 g/mol. The maximum atomic E-state index is 12.3. The number of unbranched alkanes of at least 4 members (excludes halogenated alkanes) is 1. The van der Waals surface area contributed by atoms with Crippen molar-refractivity contribution in [1.82, 2.24) is 20.9 Å². The molecule has 0 unspecified atom stereocenters. The molecule has 0 saturated carbocycles. The van der Waals surface area contributed by atoms with Crippen LogP contribution in [0, 0.1) is 0 Å². The lowest BCUT2D eigenvalue weighted by atomic mass is 9.92. The number of anilines is 1. The number of fused-ring (bicyclic) bond motifs is 3. The molecule has 12 heteroatoms. The zero-order valence-corrected chi connectivity index (χ0v) is 25.7. The van der Waals surface area contributed by atoms with E-state index < -0.39 is 5.91 Å². The fourth-order valence-electron chi connectivity index (χ4n) is 6.43. The number of carbonyl (C=O) groups is 3. The zero-order chi connectivity index (χ0) is 29.9. The molecule has 1 aliphatic carbocycles. The molecule has 3 aromatic rings. The Kier molecular flexibility index (Phi) is 8.94. The molecule has 228 valence electrons. The van der Waals surface area contributed by atoms with Crippen LogP contribution in [-0.2, 0) is 17.6 Å². The number of aryl methyl sites for hydroxylation is 1. The van der Waals surface area contributed by atoms with Gasteiger partial charge < -0.3 is 32.2 Å². The minimum Gasteiger partial charge on any atom is -0.492 e. The molecule has 4 amide bonds. The van der Waals surface area contributed by atoms with Crippen LogP contribution in [0.1, 0.15) is 65.9 Å². The molecule has 10 nitrogen and oxygen atoms in total. The van der Waals surface area contributed by atoms with Crippen molar-refractivity contribution >= 4 is 56.8 Å². The minimum atomic E-state index is -0.531. The molecular weight excluding hydrogens is 585 g/mol. The Balaban J connectivity index is 1.01. The number of nitrogens with one attached hydrogen (secondary N) is 3. The molecule has 0 bridgehead atoms. The second-order valence-electron chi connectivity index (χ2n) is 11.5. The summed E-state index contributed by atoms with van der Waals surface area (Å²) in [6, 6.07) is 8.28. The van der Waals surface area contributed by atoms with Gasteiger partial charge in [-0.15, -0.1) is 11.3 Å². The van der Waals surface area contributed by atoms with Crippen LogP contribution < -0.4 is 32.2 Å². The number of urea groups is 1.